The van der Waals surface area contributed by atoms with E-state index in [0.29, 0.717) is 17.9 Å². The van der Waals surface area contributed by atoms with Crippen LogP contribution in [0.15, 0.2) is 10.5 Å². The van der Waals surface area contributed by atoms with Gasteiger partial charge in [-0.2, -0.15) is 0 Å². The summed E-state index contributed by atoms with van der Waals surface area (Å²) >= 11 is 3.37. The van der Waals surface area contributed by atoms with Crippen LogP contribution in [0, 0.1) is 0 Å². The third-order valence-corrected chi connectivity index (χ3v) is 3.08. The second-order valence-electron chi connectivity index (χ2n) is 3.34. The van der Waals surface area contributed by atoms with Gasteiger partial charge in [-0.05, 0) is 22.0 Å². The third kappa shape index (κ3) is 1.65. The third-order valence-electron chi connectivity index (χ3n) is 2.49. The van der Waals surface area contributed by atoms with Gasteiger partial charge in [0.15, 0.2) is 0 Å². The fourth-order valence-corrected chi connectivity index (χ4v) is 2.38. The Labute approximate surface area is 102 Å². The van der Waals surface area contributed by atoms with Crippen molar-refractivity contribution in [3.8, 4) is 11.5 Å². The molecule has 1 aliphatic heterocycles. The SMILES string of the molecule is COC(=O)c1cc(Br)c2c(c1OC)CCO2. The van der Waals surface area contributed by atoms with Crippen LogP contribution in [0.4, 0.5) is 0 Å². The van der Waals surface area contributed by atoms with Crippen molar-refractivity contribution in [2.24, 2.45) is 0 Å². The molecule has 4 nitrogen and oxygen atoms in total. The smallest absolute Gasteiger partial charge is 0.341 e. The van der Waals surface area contributed by atoms with Gasteiger partial charge in [-0.25, -0.2) is 4.79 Å². The number of hydrogen-bond donors (Lipinski definition) is 0. The van der Waals surface area contributed by atoms with Crippen molar-refractivity contribution in [2.75, 3.05) is 20.8 Å². The van der Waals surface area contributed by atoms with Crippen LogP contribution in [0.25, 0.3) is 0 Å². The molecule has 1 aromatic rings. The summed E-state index contributed by atoms with van der Waals surface area (Å²) in [4.78, 5) is 11.6. The molecule has 0 aliphatic carbocycles. The van der Waals surface area contributed by atoms with Crippen LogP contribution in [-0.2, 0) is 11.2 Å². The lowest BCUT2D eigenvalue weighted by atomic mass is 10.1. The maximum absolute atomic E-state index is 11.6. The van der Waals surface area contributed by atoms with E-state index in [1.165, 1.54) is 14.2 Å². The van der Waals surface area contributed by atoms with E-state index in [1.807, 2.05) is 0 Å². The molecule has 1 aromatic carbocycles. The molecule has 0 bridgehead atoms. The Balaban J connectivity index is 2.62. The van der Waals surface area contributed by atoms with E-state index in [9.17, 15) is 4.79 Å². The van der Waals surface area contributed by atoms with E-state index < -0.39 is 5.97 Å². The number of carbonyl (C=O) groups excluding carboxylic acids is 1. The van der Waals surface area contributed by atoms with Crippen molar-refractivity contribution >= 4 is 21.9 Å². The van der Waals surface area contributed by atoms with Crippen LogP contribution in [0.5, 0.6) is 11.5 Å². The highest BCUT2D eigenvalue weighted by atomic mass is 79.9. The molecule has 1 heterocycles. The number of methoxy groups -OCH3 is 2. The molecule has 1 aliphatic rings. The minimum atomic E-state index is -0.410. The number of hydrogen-bond acceptors (Lipinski definition) is 4. The van der Waals surface area contributed by atoms with Gasteiger partial charge >= 0.3 is 5.97 Å². The van der Waals surface area contributed by atoms with Gasteiger partial charge in [0, 0.05) is 12.0 Å². The summed E-state index contributed by atoms with van der Waals surface area (Å²) in [5.41, 5.74) is 1.33. The van der Waals surface area contributed by atoms with Crippen molar-refractivity contribution < 1.29 is 19.0 Å². The van der Waals surface area contributed by atoms with Crippen molar-refractivity contribution in [1.29, 1.82) is 0 Å². The maximum Gasteiger partial charge on any atom is 0.341 e. The van der Waals surface area contributed by atoms with Gasteiger partial charge in [-0.3, -0.25) is 0 Å². The molecule has 0 aromatic heterocycles. The first-order valence-electron chi connectivity index (χ1n) is 4.79. The zero-order valence-electron chi connectivity index (χ0n) is 9.00. The predicted molar refractivity (Wildman–Crippen MR) is 61.2 cm³/mol. The van der Waals surface area contributed by atoms with E-state index in [0.717, 1.165) is 22.2 Å². The Morgan fingerprint density at radius 2 is 2.25 bits per heavy atom. The van der Waals surface area contributed by atoms with Crippen LogP contribution in [0.1, 0.15) is 15.9 Å². The molecule has 0 spiro atoms. The van der Waals surface area contributed by atoms with Crippen LogP contribution in [0.3, 0.4) is 0 Å². The molecule has 0 saturated carbocycles. The van der Waals surface area contributed by atoms with Gasteiger partial charge in [-0.1, -0.05) is 0 Å². The predicted octanol–water partition coefficient (Wildman–Crippen LogP) is 2.18. The molecule has 0 fully saturated rings. The van der Waals surface area contributed by atoms with Crippen LogP contribution in [-0.4, -0.2) is 26.8 Å². The first-order chi connectivity index (χ1) is 7.69. The Bertz CT molecular complexity index is 442. The fourth-order valence-electron chi connectivity index (χ4n) is 1.80. The van der Waals surface area contributed by atoms with Gasteiger partial charge in [-0.15, -0.1) is 0 Å². The number of halogens is 1. The molecule has 0 radical (unpaired) electrons. The van der Waals surface area contributed by atoms with Crippen molar-refractivity contribution in [3.05, 3.63) is 21.7 Å². The zero-order chi connectivity index (χ0) is 11.7. The Kier molecular flexibility index (Phi) is 3.05. The highest BCUT2D eigenvalue weighted by Crippen LogP contribution is 2.42. The monoisotopic (exact) mass is 286 g/mol. The molecule has 0 unspecified atom stereocenters. The van der Waals surface area contributed by atoms with Crippen LogP contribution >= 0.6 is 15.9 Å². The largest absolute Gasteiger partial charge is 0.495 e. The second kappa shape index (κ2) is 4.33. The van der Waals surface area contributed by atoms with Gasteiger partial charge in [0.2, 0.25) is 0 Å². The van der Waals surface area contributed by atoms with E-state index in [4.69, 9.17) is 14.2 Å². The summed E-state index contributed by atoms with van der Waals surface area (Å²) in [7, 11) is 2.88. The molecule has 86 valence electrons. The summed E-state index contributed by atoms with van der Waals surface area (Å²) in [5, 5.41) is 0. The molecule has 2 rings (SSSR count). The maximum atomic E-state index is 11.6. The minimum Gasteiger partial charge on any atom is -0.495 e. The summed E-state index contributed by atoms with van der Waals surface area (Å²) in [6, 6.07) is 1.66. The van der Waals surface area contributed by atoms with E-state index in [2.05, 4.69) is 15.9 Å². The normalized spacial score (nSPS) is 12.9. The molecule has 0 atom stereocenters. The number of rotatable bonds is 2. The number of esters is 1. The zero-order valence-corrected chi connectivity index (χ0v) is 10.6. The summed E-state index contributed by atoms with van der Waals surface area (Å²) in [6.45, 7) is 0.606. The van der Waals surface area contributed by atoms with E-state index in [-0.39, 0.29) is 0 Å². The Morgan fingerprint density at radius 1 is 1.50 bits per heavy atom. The second-order valence-corrected chi connectivity index (χ2v) is 4.19. The molecule has 16 heavy (non-hydrogen) atoms. The average Bonchev–Trinajstić information content (AvgIpc) is 2.77. The van der Waals surface area contributed by atoms with Crippen LogP contribution in [0.2, 0.25) is 0 Å². The van der Waals surface area contributed by atoms with Gasteiger partial charge in [0.1, 0.15) is 17.1 Å². The number of benzene rings is 1. The number of ether oxygens (including phenoxy) is 3. The minimum absolute atomic E-state index is 0.410. The summed E-state index contributed by atoms with van der Waals surface area (Å²) in [5.74, 6) is 0.888. The van der Waals surface area contributed by atoms with Crippen LogP contribution < -0.4 is 9.47 Å². The lowest BCUT2D eigenvalue weighted by Gasteiger charge is -2.12. The number of carbonyl (C=O) groups is 1. The lowest BCUT2D eigenvalue weighted by Crippen LogP contribution is -2.06. The first-order valence-corrected chi connectivity index (χ1v) is 5.58. The molecule has 5 heteroatoms. The van der Waals surface area contributed by atoms with E-state index in [1.54, 1.807) is 6.07 Å². The highest BCUT2D eigenvalue weighted by molar-refractivity contribution is 9.10. The fraction of sp³-hybridized carbons (Fsp3) is 0.364. The average molecular weight is 287 g/mol. The van der Waals surface area contributed by atoms with Gasteiger partial charge < -0.3 is 14.2 Å². The summed E-state index contributed by atoms with van der Waals surface area (Å²) in [6.07, 6.45) is 0.738. The topological polar surface area (TPSA) is 44.8 Å². The van der Waals surface area contributed by atoms with Gasteiger partial charge in [0.25, 0.3) is 0 Å². The molecule has 0 saturated heterocycles. The summed E-state index contributed by atoms with van der Waals surface area (Å²) < 4.78 is 16.2. The standard InChI is InChI=1S/C11H11BrO4/c1-14-9-6-3-4-16-10(6)8(12)5-7(9)11(13)15-2/h5H,3-4H2,1-2H3. The van der Waals surface area contributed by atoms with Gasteiger partial charge in [0.05, 0.1) is 25.3 Å². The van der Waals surface area contributed by atoms with E-state index >= 15 is 0 Å². The first kappa shape index (κ1) is 11.3. The Hall–Kier alpha value is -1.23. The molecule has 0 amide bonds. The molecular formula is C11H11BrO4. The van der Waals surface area contributed by atoms with Crippen molar-refractivity contribution in [3.63, 3.8) is 0 Å². The lowest BCUT2D eigenvalue weighted by molar-refractivity contribution is 0.0597. The quantitative estimate of drug-likeness (QED) is 0.782. The van der Waals surface area contributed by atoms with Crippen molar-refractivity contribution in [1.82, 2.24) is 0 Å². The van der Waals surface area contributed by atoms with Crippen molar-refractivity contribution in [2.45, 2.75) is 6.42 Å². The highest BCUT2D eigenvalue weighted by Gasteiger charge is 2.26. The molecule has 0 N–H and O–H groups in total. The Morgan fingerprint density at radius 3 is 2.88 bits per heavy atom. The number of fused-ring (bicyclic) bond motifs is 1. The molecular weight excluding hydrogens is 276 g/mol.